The minimum absolute atomic E-state index is 0.00314. The van der Waals surface area contributed by atoms with Gasteiger partial charge in [0.05, 0.1) is 18.3 Å². The summed E-state index contributed by atoms with van der Waals surface area (Å²) in [6.45, 7) is 5.41. The third kappa shape index (κ3) is 6.26. The Hall–Kier alpha value is -4.38. The number of pyridine rings is 1. The second-order valence-corrected chi connectivity index (χ2v) is 10.8. The van der Waals surface area contributed by atoms with Crippen molar-refractivity contribution in [2.24, 2.45) is 7.05 Å². The molecule has 0 aliphatic rings. The number of hydrogen-bond donors (Lipinski definition) is 1. The summed E-state index contributed by atoms with van der Waals surface area (Å²) in [6.07, 6.45) is 3.65. The lowest BCUT2D eigenvalue weighted by Gasteiger charge is -2.22. The molecule has 0 fully saturated rings. The quantitative estimate of drug-likeness (QED) is 0.194. The van der Waals surface area contributed by atoms with Crippen LogP contribution in [0.15, 0.2) is 60.9 Å². The summed E-state index contributed by atoms with van der Waals surface area (Å²) in [5.74, 6) is -0.130. The molecule has 1 aromatic carbocycles. The molecular weight excluding hydrogens is 535 g/mol. The number of anilines is 2. The van der Waals surface area contributed by atoms with Gasteiger partial charge in [0.15, 0.2) is 5.65 Å². The number of ether oxygens (including phenoxy) is 1. The Bertz CT molecular complexity index is 1660. The van der Waals surface area contributed by atoms with Crippen LogP contribution in [0.3, 0.4) is 0 Å². The molecule has 206 valence electrons. The molecule has 0 saturated carbocycles. The number of hydrogen-bond acceptors (Lipinski definition) is 8. The summed E-state index contributed by atoms with van der Waals surface area (Å²) in [7, 11) is 1.79. The average Bonchev–Trinajstić information content (AvgIpc) is 3.50. The molecule has 0 aliphatic carbocycles. The SMILES string of the molecule is Cn1nccc1Nc1nccc(-c2cc(F)n3c(C(CC(=O)OC(C)(C)C)Cc4ccc(Cl)cc4)nnc3c2)n1. The van der Waals surface area contributed by atoms with Gasteiger partial charge in [-0.25, -0.2) is 9.97 Å². The van der Waals surface area contributed by atoms with Gasteiger partial charge in [0, 0.05) is 41.9 Å². The first-order valence-electron chi connectivity index (χ1n) is 12.6. The zero-order valence-corrected chi connectivity index (χ0v) is 23.2. The van der Waals surface area contributed by atoms with Gasteiger partial charge in [-0.1, -0.05) is 23.7 Å². The van der Waals surface area contributed by atoms with Crippen molar-refractivity contribution in [1.29, 1.82) is 0 Å². The van der Waals surface area contributed by atoms with Crippen LogP contribution in [0.1, 0.15) is 44.5 Å². The van der Waals surface area contributed by atoms with Crippen LogP contribution < -0.4 is 5.32 Å². The normalized spacial score (nSPS) is 12.4. The number of nitrogens with one attached hydrogen (secondary N) is 1. The molecule has 0 saturated heterocycles. The fraction of sp³-hybridized carbons (Fsp3) is 0.286. The summed E-state index contributed by atoms with van der Waals surface area (Å²) in [5.41, 5.74) is 1.55. The lowest BCUT2D eigenvalue weighted by atomic mass is 9.95. The van der Waals surface area contributed by atoms with Crippen LogP contribution in [-0.4, -0.2) is 45.9 Å². The Labute approximate surface area is 235 Å². The lowest BCUT2D eigenvalue weighted by Crippen LogP contribution is -2.26. The summed E-state index contributed by atoms with van der Waals surface area (Å²) < 4.78 is 24.3. The highest BCUT2D eigenvalue weighted by Gasteiger charge is 2.27. The molecule has 0 radical (unpaired) electrons. The Balaban J connectivity index is 1.48. The van der Waals surface area contributed by atoms with Crippen molar-refractivity contribution in [3.8, 4) is 11.3 Å². The van der Waals surface area contributed by atoms with Crippen molar-refractivity contribution < 1.29 is 13.9 Å². The zero-order valence-electron chi connectivity index (χ0n) is 22.5. The Morgan fingerprint density at radius 1 is 1.10 bits per heavy atom. The summed E-state index contributed by atoms with van der Waals surface area (Å²) in [6, 6.07) is 13.8. The van der Waals surface area contributed by atoms with E-state index in [1.165, 1.54) is 10.5 Å². The van der Waals surface area contributed by atoms with Gasteiger partial charge in [0.2, 0.25) is 11.9 Å². The van der Waals surface area contributed by atoms with E-state index < -0.39 is 23.4 Å². The summed E-state index contributed by atoms with van der Waals surface area (Å²) in [4.78, 5) is 21.6. The Morgan fingerprint density at radius 2 is 1.88 bits per heavy atom. The topological polar surface area (TPSA) is 112 Å². The number of aryl methyl sites for hydroxylation is 1. The highest BCUT2D eigenvalue weighted by atomic mass is 35.5. The monoisotopic (exact) mass is 562 g/mol. The fourth-order valence-corrected chi connectivity index (χ4v) is 4.47. The van der Waals surface area contributed by atoms with E-state index in [0.717, 1.165) is 5.56 Å². The van der Waals surface area contributed by atoms with Crippen molar-refractivity contribution in [1.82, 2.24) is 34.3 Å². The standard InChI is InChI=1S/C28H28ClFN8O2/c1-28(2,3)40-25(39)16-19(13-17-5-7-20(29)8-6-17)26-36-35-24-15-18(14-22(30)38(24)26)21-9-11-31-27(33-21)34-23-10-12-32-37(23)4/h5-12,14-15,19H,13,16H2,1-4H3,(H,31,33,34). The van der Waals surface area contributed by atoms with Gasteiger partial charge in [-0.05, 0) is 57.0 Å². The van der Waals surface area contributed by atoms with E-state index in [2.05, 4.69) is 30.6 Å². The molecule has 40 heavy (non-hydrogen) atoms. The molecule has 1 atom stereocenters. The van der Waals surface area contributed by atoms with Gasteiger partial charge >= 0.3 is 5.97 Å². The van der Waals surface area contributed by atoms with Crippen molar-refractivity contribution in [3.05, 3.63) is 83.3 Å². The molecule has 4 heterocycles. The largest absolute Gasteiger partial charge is 0.460 e. The molecule has 5 aromatic rings. The molecule has 0 spiro atoms. The second-order valence-electron chi connectivity index (χ2n) is 10.4. The van der Waals surface area contributed by atoms with E-state index in [-0.39, 0.29) is 12.1 Å². The van der Waals surface area contributed by atoms with Crippen molar-refractivity contribution in [2.75, 3.05) is 5.32 Å². The number of esters is 1. The molecule has 0 amide bonds. The van der Waals surface area contributed by atoms with E-state index in [4.69, 9.17) is 16.3 Å². The van der Waals surface area contributed by atoms with Crippen molar-refractivity contribution in [3.63, 3.8) is 0 Å². The fourth-order valence-electron chi connectivity index (χ4n) is 4.34. The average molecular weight is 563 g/mol. The van der Waals surface area contributed by atoms with Crippen LogP contribution in [-0.2, 0) is 23.0 Å². The van der Waals surface area contributed by atoms with E-state index in [1.54, 1.807) is 75.2 Å². The number of benzene rings is 1. The van der Waals surface area contributed by atoms with Gasteiger partial charge < -0.3 is 10.1 Å². The summed E-state index contributed by atoms with van der Waals surface area (Å²) >= 11 is 6.05. The number of halogens is 2. The maximum atomic E-state index is 15.7. The molecule has 5 rings (SSSR count). The minimum Gasteiger partial charge on any atom is -0.460 e. The number of carbonyl (C=O) groups is 1. The molecule has 10 nitrogen and oxygen atoms in total. The van der Waals surface area contributed by atoms with Crippen LogP contribution in [0.25, 0.3) is 16.9 Å². The summed E-state index contributed by atoms with van der Waals surface area (Å²) in [5, 5.41) is 16.4. The molecular formula is C28H28ClFN8O2. The molecule has 1 unspecified atom stereocenters. The van der Waals surface area contributed by atoms with Crippen LogP contribution in [0.4, 0.5) is 16.2 Å². The first-order chi connectivity index (χ1) is 19.1. The van der Waals surface area contributed by atoms with Crippen LogP contribution >= 0.6 is 11.6 Å². The molecule has 0 bridgehead atoms. The molecule has 0 aliphatic heterocycles. The Morgan fingerprint density at radius 3 is 2.58 bits per heavy atom. The number of aromatic nitrogens is 7. The van der Waals surface area contributed by atoms with Crippen molar-refractivity contribution in [2.45, 2.75) is 45.1 Å². The van der Waals surface area contributed by atoms with Crippen LogP contribution in [0, 0.1) is 5.95 Å². The smallest absolute Gasteiger partial charge is 0.307 e. The van der Waals surface area contributed by atoms with E-state index in [1.807, 2.05) is 12.1 Å². The van der Waals surface area contributed by atoms with E-state index in [0.29, 0.717) is 40.3 Å². The predicted octanol–water partition coefficient (Wildman–Crippen LogP) is 5.51. The van der Waals surface area contributed by atoms with Crippen LogP contribution in [0.5, 0.6) is 0 Å². The maximum absolute atomic E-state index is 15.7. The zero-order chi connectivity index (χ0) is 28.4. The van der Waals surface area contributed by atoms with E-state index >= 15 is 4.39 Å². The molecule has 12 heteroatoms. The van der Waals surface area contributed by atoms with Gasteiger partial charge in [0.25, 0.3) is 0 Å². The highest BCUT2D eigenvalue weighted by molar-refractivity contribution is 6.30. The van der Waals surface area contributed by atoms with Crippen molar-refractivity contribution >= 4 is 35.0 Å². The third-order valence-electron chi connectivity index (χ3n) is 6.09. The Kier molecular flexibility index (Phi) is 7.49. The number of rotatable bonds is 8. The predicted molar refractivity (Wildman–Crippen MR) is 149 cm³/mol. The number of nitrogens with zero attached hydrogens (tertiary/aromatic N) is 7. The minimum atomic E-state index is -0.656. The molecule has 1 N–H and O–H groups in total. The maximum Gasteiger partial charge on any atom is 0.307 e. The van der Waals surface area contributed by atoms with Crippen LogP contribution in [0.2, 0.25) is 5.02 Å². The highest BCUT2D eigenvalue weighted by Crippen LogP contribution is 2.29. The second kappa shape index (κ2) is 11.0. The number of carbonyl (C=O) groups excluding carboxylic acids is 1. The first-order valence-corrected chi connectivity index (χ1v) is 13.0. The van der Waals surface area contributed by atoms with Gasteiger partial charge in [0.1, 0.15) is 17.2 Å². The third-order valence-corrected chi connectivity index (χ3v) is 6.34. The number of fused-ring (bicyclic) bond motifs is 1. The van der Waals surface area contributed by atoms with Gasteiger partial charge in [-0.3, -0.25) is 13.9 Å². The van der Waals surface area contributed by atoms with Gasteiger partial charge in [-0.2, -0.15) is 9.49 Å². The van der Waals surface area contributed by atoms with E-state index in [9.17, 15) is 4.79 Å². The molecule has 4 aromatic heterocycles. The lowest BCUT2D eigenvalue weighted by molar-refractivity contribution is -0.155. The van der Waals surface area contributed by atoms with Gasteiger partial charge in [-0.15, -0.1) is 10.2 Å². The first kappa shape index (κ1) is 27.2.